The minimum atomic E-state index is -3.69. The van der Waals surface area contributed by atoms with Gasteiger partial charge < -0.3 is 4.74 Å². The highest BCUT2D eigenvalue weighted by atomic mass is 79.9. The van der Waals surface area contributed by atoms with Crippen molar-refractivity contribution >= 4 is 31.6 Å². The molecule has 5 nitrogen and oxygen atoms in total. The molecular formula is C14H15BrN2O3S. The molecule has 1 aromatic heterocycles. The Balaban J connectivity index is 2.33. The number of halogens is 1. The van der Waals surface area contributed by atoms with E-state index in [4.69, 9.17) is 4.74 Å². The fraction of sp³-hybridized carbons (Fsp3) is 0.214. The lowest BCUT2D eigenvalue weighted by Gasteiger charge is -2.14. The van der Waals surface area contributed by atoms with Gasteiger partial charge in [0.2, 0.25) is 5.88 Å². The first-order chi connectivity index (χ1) is 9.88. The van der Waals surface area contributed by atoms with Crippen LogP contribution in [0.4, 0.5) is 5.69 Å². The van der Waals surface area contributed by atoms with E-state index >= 15 is 0 Å². The number of pyridine rings is 1. The van der Waals surface area contributed by atoms with Crippen LogP contribution in [0, 0.1) is 0 Å². The number of nitrogens with one attached hydrogen (secondary N) is 1. The van der Waals surface area contributed by atoms with Gasteiger partial charge in [0.25, 0.3) is 10.0 Å². The molecule has 0 aliphatic heterocycles. The molecule has 0 saturated carbocycles. The lowest BCUT2D eigenvalue weighted by Crippen LogP contribution is -2.15. The van der Waals surface area contributed by atoms with Crippen LogP contribution in [0.15, 0.2) is 52.0 Å². The fourth-order valence-corrected chi connectivity index (χ4v) is 3.28. The minimum Gasteiger partial charge on any atom is -0.473 e. The molecule has 2 aromatic rings. The number of rotatable bonds is 5. The Labute approximate surface area is 132 Å². The second kappa shape index (κ2) is 6.44. The molecule has 0 bridgehead atoms. The highest BCUT2D eigenvalue weighted by Gasteiger charge is 2.17. The number of ether oxygens (including phenoxy) is 1. The molecule has 7 heteroatoms. The molecule has 0 fully saturated rings. The zero-order chi connectivity index (χ0) is 15.5. The van der Waals surface area contributed by atoms with Gasteiger partial charge in [-0.15, -0.1) is 0 Å². The van der Waals surface area contributed by atoms with Gasteiger partial charge in [0, 0.05) is 10.7 Å². The van der Waals surface area contributed by atoms with E-state index in [9.17, 15) is 8.42 Å². The standard InChI is InChI=1S/C14H15BrN2O3S/c1-10(2)20-14-13(7-4-8-16-14)17-21(18,19)12-6-3-5-11(15)9-12/h3-10,17H,1-2H3. The Morgan fingerprint density at radius 3 is 2.67 bits per heavy atom. The lowest BCUT2D eigenvalue weighted by atomic mass is 10.4. The van der Waals surface area contributed by atoms with E-state index in [-0.39, 0.29) is 16.9 Å². The van der Waals surface area contributed by atoms with Crippen LogP contribution in [0.2, 0.25) is 0 Å². The van der Waals surface area contributed by atoms with Crippen molar-refractivity contribution in [2.45, 2.75) is 24.8 Å². The Bertz CT molecular complexity index is 733. The summed E-state index contributed by atoms with van der Waals surface area (Å²) < 4.78 is 33.4. The fourth-order valence-electron chi connectivity index (χ4n) is 1.62. The molecule has 1 heterocycles. The van der Waals surface area contributed by atoms with Crippen LogP contribution >= 0.6 is 15.9 Å². The largest absolute Gasteiger partial charge is 0.473 e. The quantitative estimate of drug-likeness (QED) is 0.875. The normalized spacial score (nSPS) is 11.4. The van der Waals surface area contributed by atoms with Gasteiger partial charge in [-0.25, -0.2) is 13.4 Å². The van der Waals surface area contributed by atoms with Gasteiger partial charge in [-0.3, -0.25) is 4.72 Å². The second-order valence-electron chi connectivity index (χ2n) is 4.59. The first-order valence-corrected chi connectivity index (χ1v) is 8.56. The number of aromatic nitrogens is 1. The summed E-state index contributed by atoms with van der Waals surface area (Å²) in [6.45, 7) is 3.70. The van der Waals surface area contributed by atoms with E-state index < -0.39 is 10.0 Å². The summed E-state index contributed by atoms with van der Waals surface area (Å²) in [6.07, 6.45) is 1.45. The van der Waals surface area contributed by atoms with Gasteiger partial charge in [-0.1, -0.05) is 22.0 Å². The van der Waals surface area contributed by atoms with E-state index in [1.807, 2.05) is 13.8 Å². The topological polar surface area (TPSA) is 68.3 Å². The van der Waals surface area contributed by atoms with Crippen LogP contribution in [0.3, 0.4) is 0 Å². The third-order valence-corrected chi connectivity index (χ3v) is 4.33. The van der Waals surface area contributed by atoms with Crippen molar-refractivity contribution in [1.82, 2.24) is 4.98 Å². The van der Waals surface area contributed by atoms with Crippen molar-refractivity contribution in [1.29, 1.82) is 0 Å². The number of benzene rings is 1. The summed E-state index contributed by atoms with van der Waals surface area (Å²) in [6, 6.07) is 9.73. The van der Waals surface area contributed by atoms with E-state index in [2.05, 4.69) is 25.6 Å². The molecular weight excluding hydrogens is 356 g/mol. The second-order valence-corrected chi connectivity index (χ2v) is 7.18. The van der Waals surface area contributed by atoms with Gasteiger partial charge in [0.15, 0.2) is 0 Å². The van der Waals surface area contributed by atoms with Gasteiger partial charge in [0.1, 0.15) is 5.69 Å². The Morgan fingerprint density at radius 2 is 2.00 bits per heavy atom. The zero-order valence-electron chi connectivity index (χ0n) is 11.6. The maximum absolute atomic E-state index is 12.4. The predicted molar refractivity (Wildman–Crippen MR) is 85.0 cm³/mol. The molecule has 0 spiro atoms. The van der Waals surface area contributed by atoms with Crippen molar-refractivity contribution in [2.75, 3.05) is 4.72 Å². The first kappa shape index (κ1) is 15.8. The van der Waals surface area contributed by atoms with Crippen molar-refractivity contribution < 1.29 is 13.2 Å². The summed E-state index contributed by atoms with van der Waals surface area (Å²) in [5.41, 5.74) is 0.311. The van der Waals surface area contributed by atoms with Gasteiger partial charge in [-0.05, 0) is 44.2 Å². The Morgan fingerprint density at radius 1 is 1.24 bits per heavy atom. The van der Waals surface area contributed by atoms with Gasteiger partial charge in [-0.2, -0.15) is 0 Å². The van der Waals surface area contributed by atoms with Crippen molar-refractivity contribution in [3.05, 3.63) is 47.1 Å². The van der Waals surface area contributed by atoms with Crippen LogP contribution in [0.1, 0.15) is 13.8 Å². The number of hydrogen-bond donors (Lipinski definition) is 1. The molecule has 1 N–H and O–H groups in total. The molecule has 0 aliphatic carbocycles. The van der Waals surface area contributed by atoms with Gasteiger partial charge >= 0.3 is 0 Å². The third-order valence-electron chi connectivity index (χ3n) is 2.47. The Kier molecular flexibility index (Phi) is 4.84. The van der Waals surface area contributed by atoms with Crippen molar-refractivity contribution in [3.63, 3.8) is 0 Å². The molecule has 112 valence electrons. The molecule has 0 radical (unpaired) electrons. The third kappa shape index (κ3) is 4.18. The van der Waals surface area contributed by atoms with Crippen molar-refractivity contribution in [3.8, 4) is 5.88 Å². The van der Waals surface area contributed by atoms with Crippen LogP contribution < -0.4 is 9.46 Å². The van der Waals surface area contributed by atoms with Crippen LogP contribution in [0.5, 0.6) is 5.88 Å². The van der Waals surface area contributed by atoms with E-state index in [1.54, 1.807) is 30.5 Å². The number of hydrogen-bond acceptors (Lipinski definition) is 4. The molecule has 1 aromatic carbocycles. The monoisotopic (exact) mass is 370 g/mol. The SMILES string of the molecule is CC(C)Oc1ncccc1NS(=O)(=O)c1cccc(Br)c1. The van der Waals surface area contributed by atoms with Gasteiger partial charge in [0.05, 0.1) is 11.0 Å². The molecule has 21 heavy (non-hydrogen) atoms. The summed E-state index contributed by atoms with van der Waals surface area (Å²) in [5.74, 6) is 0.256. The summed E-state index contributed by atoms with van der Waals surface area (Å²) >= 11 is 3.26. The molecule has 0 unspecified atom stereocenters. The molecule has 0 amide bonds. The minimum absolute atomic E-state index is 0.103. The average Bonchev–Trinajstić information content (AvgIpc) is 2.40. The summed E-state index contributed by atoms with van der Waals surface area (Å²) in [7, 11) is -3.69. The van der Waals surface area contributed by atoms with Crippen LogP contribution in [0.25, 0.3) is 0 Å². The molecule has 0 saturated heterocycles. The maximum Gasteiger partial charge on any atom is 0.262 e. The molecule has 2 rings (SSSR count). The summed E-state index contributed by atoms with van der Waals surface area (Å²) in [5, 5.41) is 0. The molecule has 0 atom stereocenters. The highest BCUT2D eigenvalue weighted by molar-refractivity contribution is 9.10. The lowest BCUT2D eigenvalue weighted by molar-refractivity contribution is 0.234. The molecule has 0 aliphatic rings. The maximum atomic E-state index is 12.4. The number of nitrogens with zero attached hydrogens (tertiary/aromatic N) is 1. The van der Waals surface area contributed by atoms with Crippen molar-refractivity contribution in [2.24, 2.45) is 0 Å². The average molecular weight is 371 g/mol. The summed E-state index contributed by atoms with van der Waals surface area (Å²) in [4.78, 5) is 4.22. The zero-order valence-corrected chi connectivity index (χ0v) is 14.0. The smallest absolute Gasteiger partial charge is 0.262 e. The predicted octanol–water partition coefficient (Wildman–Crippen LogP) is 3.43. The van der Waals surface area contributed by atoms with E-state index in [0.29, 0.717) is 10.2 Å². The first-order valence-electron chi connectivity index (χ1n) is 6.28. The number of anilines is 1. The van der Waals surface area contributed by atoms with E-state index in [0.717, 1.165) is 0 Å². The van der Waals surface area contributed by atoms with Crippen LogP contribution in [-0.2, 0) is 10.0 Å². The number of sulfonamides is 1. The van der Waals surface area contributed by atoms with Crippen LogP contribution in [-0.4, -0.2) is 19.5 Å². The highest BCUT2D eigenvalue weighted by Crippen LogP contribution is 2.25. The van der Waals surface area contributed by atoms with E-state index in [1.165, 1.54) is 12.1 Å². The Hall–Kier alpha value is -1.60.